The van der Waals surface area contributed by atoms with Gasteiger partial charge >= 0.3 is 0 Å². The Kier molecular flexibility index (Phi) is 9.15. The van der Waals surface area contributed by atoms with Crippen molar-refractivity contribution in [2.75, 3.05) is 0 Å². The third-order valence-corrected chi connectivity index (χ3v) is 6.29. The summed E-state index contributed by atoms with van der Waals surface area (Å²) >= 11 is 0. The molecule has 0 aromatic carbocycles. The topological polar surface area (TPSA) is 9.23 Å². The van der Waals surface area contributed by atoms with Crippen molar-refractivity contribution in [3.05, 3.63) is 12.3 Å². The molecule has 2 aliphatic rings. The van der Waals surface area contributed by atoms with Crippen molar-refractivity contribution in [2.24, 2.45) is 17.8 Å². The highest BCUT2D eigenvalue weighted by Gasteiger charge is 2.31. The number of hydrogen-bond donors (Lipinski definition) is 0. The SMILES string of the molecule is CCC=CO[C@@H]1CCC[C@@H]([C@H]2CC[C@H](CCCCCC)CC2)C1. The Hall–Kier alpha value is -0.460. The fourth-order valence-corrected chi connectivity index (χ4v) is 4.80. The first-order chi connectivity index (χ1) is 11.3. The van der Waals surface area contributed by atoms with Crippen LogP contribution in [0.1, 0.15) is 104 Å². The predicted octanol–water partition coefficient (Wildman–Crippen LogP) is 7.26. The van der Waals surface area contributed by atoms with Gasteiger partial charge in [-0.1, -0.05) is 64.9 Å². The second kappa shape index (κ2) is 11.2. The molecule has 0 aromatic rings. The van der Waals surface area contributed by atoms with E-state index in [1.165, 1.54) is 83.5 Å². The molecule has 23 heavy (non-hydrogen) atoms. The van der Waals surface area contributed by atoms with Crippen molar-refractivity contribution < 1.29 is 4.74 Å². The lowest BCUT2D eigenvalue weighted by molar-refractivity contribution is 0.0510. The molecule has 134 valence electrons. The minimum absolute atomic E-state index is 0.503. The third-order valence-electron chi connectivity index (χ3n) is 6.29. The van der Waals surface area contributed by atoms with Crippen molar-refractivity contribution in [3.63, 3.8) is 0 Å². The molecule has 0 aromatic heterocycles. The number of unbranched alkanes of at least 4 members (excludes halogenated alkanes) is 3. The van der Waals surface area contributed by atoms with Gasteiger partial charge in [0.05, 0.1) is 12.4 Å². The maximum atomic E-state index is 5.96. The van der Waals surface area contributed by atoms with Crippen molar-refractivity contribution in [2.45, 2.75) is 110 Å². The molecule has 0 saturated heterocycles. The molecule has 0 aliphatic heterocycles. The number of hydrogen-bond acceptors (Lipinski definition) is 1. The molecule has 2 atom stereocenters. The first-order valence-electron chi connectivity index (χ1n) is 10.6. The van der Waals surface area contributed by atoms with Crippen LogP contribution in [-0.4, -0.2) is 6.10 Å². The number of allylic oxidation sites excluding steroid dienone is 1. The molecule has 0 N–H and O–H groups in total. The van der Waals surface area contributed by atoms with Crippen LogP contribution in [0.25, 0.3) is 0 Å². The molecule has 0 spiro atoms. The van der Waals surface area contributed by atoms with Crippen LogP contribution in [0.3, 0.4) is 0 Å². The summed E-state index contributed by atoms with van der Waals surface area (Å²) in [5.41, 5.74) is 0. The third kappa shape index (κ3) is 6.89. The maximum Gasteiger partial charge on any atom is 0.0981 e. The Labute approximate surface area is 145 Å². The van der Waals surface area contributed by atoms with Crippen LogP contribution < -0.4 is 0 Å². The van der Waals surface area contributed by atoms with E-state index in [9.17, 15) is 0 Å². The van der Waals surface area contributed by atoms with Gasteiger partial charge in [-0.15, -0.1) is 0 Å². The van der Waals surface area contributed by atoms with E-state index in [1.807, 2.05) is 6.26 Å². The van der Waals surface area contributed by atoms with E-state index in [-0.39, 0.29) is 0 Å². The second-order valence-electron chi connectivity index (χ2n) is 8.09. The zero-order valence-corrected chi connectivity index (χ0v) is 15.8. The molecular formula is C22H40O. The summed E-state index contributed by atoms with van der Waals surface area (Å²) in [4.78, 5) is 0. The highest BCUT2D eigenvalue weighted by molar-refractivity contribution is 4.84. The number of rotatable bonds is 9. The van der Waals surface area contributed by atoms with Crippen molar-refractivity contribution in [3.8, 4) is 0 Å². The summed E-state index contributed by atoms with van der Waals surface area (Å²) in [5, 5.41) is 0. The lowest BCUT2D eigenvalue weighted by Gasteiger charge is -2.38. The molecule has 2 aliphatic carbocycles. The molecule has 2 rings (SSSR count). The molecular weight excluding hydrogens is 280 g/mol. The predicted molar refractivity (Wildman–Crippen MR) is 100 cm³/mol. The van der Waals surface area contributed by atoms with Gasteiger partial charge in [-0.25, -0.2) is 0 Å². The Morgan fingerprint density at radius 1 is 0.870 bits per heavy atom. The van der Waals surface area contributed by atoms with E-state index in [0.29, 0.717) is 6.10 Å². The van der Waals surface area contributed by atoms with Gasteiger partial charge in [0.1, 0.15) is 0 Å². The highest BCUT2D eigenvalue weighted by atomic mass is 16.5. The van der Waals surface area contributed by atoms with Crippen LogP contribution in [0.4, 0.5) is 0 Å². The standard InChI is InChI=1S/C22H40O/c1-3-5-7-8-10-19-13-15-20(16-14-19)21-11-9-12-22(18-21)23-17-6-4-2/h6,17,19-22H,3-5,7-16,18H2,1-2H3/t19-,20-,21-,22-/m1/s1. The Morgan fingerprint density at radius 3 is 2.43 bits per heavy atom. The average Bonchev–Trinajstić information content (AvgIpc) is 2.60. The molecule has 0 unspecified atom stereocenters. The lowest BCUT2D eigenvalue weighted by Crippen LogP contribution is -2.29. The van der Waals surface area contributed by atoms with Crippen molar-refractivity contribution >= 4 is 0 Å². The number of ether oxygens (including phenoxy) is 1. The van der Waals surface area contributed by atoms with Crippen LogP contribution in [-0.2, 0) is 4.74 Å². The summed E-state index contributed by atoms with van der Waals surface area (Å²) in [5.74, 6) is 3.00. The average molecular weight is 321 g/mol. The van der Waals surface area contributed by atoms with Crippen molar-refractivity contribution in [1.82, 2.24) is 0 Å². The van der Waals surface area contributed by atoms with Crippen LogP contribution in [0, 0.1) is 17.8 Å². The van der Waals surface area contributed by atoms with Crippen molar-refractivity contribution in [1.29, 1.82) is 0 Å². The van der Waals surface area contributed by atoms with Gasteiger partial charge in [0.2, 0.25) is 0 Å². The zero-order valence-electron chi connectivity index (χ0n) is 15.8. The lowest BCUT2D eigenvalue weighted by atomic mass is 9.70. The summed E-state index contributed by atoms with van der Waals surface area (Å²) in [7, 11) is 0. The van der Waals surface area contributed by atoms with Crippen LogP contribution in [0.5, 0.6) is 0 Å². The molecule has 2 fully saturated rings. The van der Waals surface area contributed by atoms with Gasteiger partial charge in [-0.2, -0.15) is 0 Å². The van der Waals surface area contributed by atoms with E-state index >= 15 is 0 Å². The summed E-state index contributed by atoms with van der Waals surface area (Å²) in [6.07, 6.45) is 24.4. The van der Waals surface area contributed by atoms with Gasteiger partial charge in [0.25, 0.3) is 0 Å². The molecule has 1 heteroatoms. The summed E-state index contributed by atoms with van der Waals surface area (Å²) in [6.45, 7) is 4.48. The fourth-order valence-electron chi connectivity index (χ4n) is 4.80. The fraction of sp³-hybridized carbons (Fsp3) is 0.909. The molecule has 0 amide bonds. The molecule has 0 radical (unpaired) electrons. The summed E-state index contributed by atoms with van der Waals surface area (Å²) in [6, 6.07) is 0. The largest absolute Gasteiger partial charge is 0.498 e. The van der Waals surface area contributed by atoms with E-state index in [2.05, 4.69) is 19.9 Å². The molecule has 0 bridgehead atoms. The monoisotopic (exact) mass is 320 g/mol. The normalized spacial score (nSPS) is 32.3. The van der Waals surface area contributed by atoms with Gasteiger partial charge < -0.3 is 4.74 Å². The van der Waals surface area contributed by atoms with E-state index in [4.69, 9.17) is 4.74 Å². The minimum Gasteiger partial charge on any atom is -0.498 e. The van der Waals surface area contributed by atoms with Gasteiger partial charge in [0, 0.05) is 0 Å². The Morgan fingerprint density at radius 2 is 1.70 bits per heavy atom. The second-order valence-corrected chi connectivity index (χ2v) is 8.09. The minimum atomic E-state index is 0.503. The Bertz CT molecular complexity index is 314. The maximum absolute atomic E-state index is 5.96. The van der Waals surface area contributed by atoms with Crippen LogP contribution >= 0.6 is 0 Å². The van der Waals surface area contributed by atoms with Gasteiger partial charge in [0.15, 0.2) is 0 Å². The molecule has 0 heterocycles. The highest BCUT2D eigenvalue weighted by Crippen LogP contribution is 2.41. The zero-order chi connectivity index (χ0) is 16.3. The smallest absolute Gasteiger partial charge is 0.0981 e. The van der Waals surface area contributed by atoms with Crippen LogP contribution in [0.15, 0.2) is 12.3 Å². The van der Waals surface area contributed by atoms with Gasteiger partial charge in [-0.3, -0.25) is 0 Å². The molecule has 2 saturated carbocycles. The summed E-state index contributed by atoms with van der Waals surface area (Å²) < 4.78 is 5.96. The first kappa shape index (κ1) is 18.9. The van der Waals surface area contributed by atoms with Crippen LogP contribution in [0.2, 0.25) is 0 Å². The van der Waals surface area contributed by atoms with E-state index in [1.54, 1.807) is 0 Å². The first-order valence-corrected chi connectivity index (χ1v) is 10.6. The van der Waals surface area contributed by atoms with Gasteiger partial charge in [-0.05, 0) is 62.7 Å². The molecule has 1 nitrogen and oxygen atoms in total. The Balaban J connectivity index is 1.65. The van der Waals surface area contributed by atoms with E-state index in [0.717, 1.165) is 24.2 Å². The van der Waals surface area contributed by atoms with E-state index < -0.39 is 0 Å². The quantitative estimate of drug-likeness (QED) is 0.321.